The first-order valence-electron chi connectivity index (χ1n) is 10.00. The van der Waals surface area contributed by atoms with E-state index in [4.69, 9.17) is 4.74 Å². The summed E-state index contributed by atoms with van der Waals surface area (Å²) in [5, 5.41) is 3.07. The molecule has 2 aliphatic rings. The molecule has 0 saturated carbocycles. The van der Waals surface area contributed by atoms with E-state index in [1.54, 1.807) is 18.5 Å². The van der Waals surface area contributed by atoms with E-state index in [9.17, 15) is 4.79 Å². The Labute approximate surface area is 165 Å². The Kier molecular flexibility index (Phi) is 6.14. The van der Waals surface area contributed by atoms with E-state index in [-0.39, 0.29) is 11.8 Å². The Hall–Kier alpha value is -2.51. The van der Waals surface area contributed by atoms with Gasteiger partial charge in [0.2, 0.25) is 11.9 Å². The van der Waals surface area contributed by atoms with E-state index < -0.39 is 0 Å². The lowest BCUT2D eigenvalue weighted by molar-refractivity contribution is -0.120. The van der Waals surface area contributed by atoms with Gasteiger partial charge in [-0.05, 0) is 36.6 Å². The topological polar surface area (TPSA) is 70.6 Å². The molecule has 3 heterocycles. The largest absolute Gasteiger partial charge is 0.379 e. The van der Waals surface area contributed by atoms with E-state index in [0.29, 0.717) is 12.5 Å². The molecule has 1 aromatic heterocycles. The summed E-state index contributed by atoms with van der Waals surface area (Å²) in [5.74, 6) is 0.722. The van der Waals surface area contributed by atoms with Crippen molar-refractivity contribution in [2.75, 3.05) is 49.6 Å². The number of hydrogen-bond acceptors (Lipinski definition) is 6. The van der Waals surface area contributed by atoms with Gasteiger partial charge in [-0.1, -0.05) is 12.1 Å². The number of rotatable bonds is 5. The average molecular weight is 381 g/mol. The fourth-order valence-electron chi connectivity index (χ4n) is 3.78. The highest BCUT2D eigenvalue weighted by atomic mass is 16.5. The minimum atomic E-state index is -0.0504. The third-order valence-corrected chi connectivity index (χ3v) is 5.36. The number of anilines is 2. The molecule has 28 heavy (non-hydrogen) atoms. The van der Waals surface area contributed by atoms with Crippen LogP contribution in [0.5, 0.6) is 0 Å². The molecule has 0 aliphatic carbocycles. The predicted molar refractivity (Wildman–Crippen MR) is 108 cm³/mol. The molecule has 0 radical (unpaired) electrons. The Morgan fingerprint density at radius 2 is 1.86 bits per heavy atom. The third kappa shape index (κ3) is 4.85. The number of amides is 1. The Balaban J connectivity index is 1.31. The zero-order chi connectivity index (χ0) is 19.2. The van der Waals surface area contributed by atoms with Crippen LogP contribution in [0.2, 0.25) is 0 Å². The molecule has 7 nitrogen and oxygen atoms in total. The van der Waals surface area contributed by atoms with Crippen LogP contribution in [0.3, 0.4) is 0 Å². The summed E-state index contributed by atoms with van der Waals surface area (Å²) in [6.45, 7) is 6.03. The average Bonchev–Trinajstić information content (AvgIpc) is 2.76. The molecule has 2 aromatic rings. The van der Waals surface area contributed by atoms with Crippen molar-refractivity contribution in [1.29, 1.82) is 0 Å². The van der Waals surface area contributed by atoms with Gasteiger partial charge in [-0.2, -0.15) is 0 Å². The van der Waals surface area contributed by atoms with Crippen molar-refractivity contribution in [3.8, 4) is 0 Å². The monoisotopic (exact) mass is 381 g/mol. The normalized spacial score (nSPS) is 20.7. The Morgan fingerprint density at radius 3 is 2.61 bits per heavy atom. The summed E-state index contributed by atoms with van der Waals surface area (Å²) in [4.78, 5) is 25.8. The lowest BCUT2D eigenvalue weighted by Crippen LogP contribution is -2.41. The van der Waals surface area contributed by atoms with Crippen molar-refractivity contribution in [2.45, 2.75) is 19.4 Å². The first kappa shape index (κ1) is 18.8. The van der Waals surface area contributed by atoms with Crippen molar-refractivity contribution < 1.29 is 9.53 Å². The number of piperidine rings is 1. The second-order valence-corrected chi connectivity index (χ2v) is 7.41. The molecule has 1 atom stereocenters. The number of ether oxygens (including phenoxy) is 1. The Morgan fingerprint density at radius 1 is 1.11 bits per heavy atom. The quantitative estimate of drug-likeness (QED) is 0.856. The highest BCUT2D eigenvalue weighted by Crippen LogP contribution is 2.22. The van der Waals surface area contributed by atoms with Crippen LogP contribution >= 0.6 is 0 Å². The van der Waals surface area contributed by atoms with Crippen molar-refractivity contribution in [3.05, 3.63) is 48.3 Å². The van der Waals surface area contributed by atoms with Crippen molar-refractivity contribution >= 4 is 17.5 Å². The van der Waals surface area contributed by atoms with Crippen LogP contribution in [0.4, 0.5) is 11.6 Å². The molecule has 2 saturated heterocycles. The molecule has 4 rings (SSSR count). The molecule has 1 aromatic carbocycles. The summed E-state index contributed by atoms with van der Waals surface area (Å²) in [6.07, 6.45) is 5.34. The van der Waals surface area contributed by atoms with Crippen LogP contribution in [0.15, 0.2) is 42.7 Å². The van der Waals surface area contributed by atoms with E-state index >= 15 is 0 Å². The summed E-state index contributed by atoms with van der Waals surface area (Å²) >= 11 is 0. The van der Waals surface area contributed by atoms with Gasteiger partial charge in [0.1, 0.15) is 0 Å². The highest BCUT2D eigenvalue weighted by Gasteiger charge is 2.27. The lowest BCUT2D eigenvalue weighted by Gasteiger charge is -2.31. The number of morpholine rings is 1. The maximum atomic E-state index is 12.7. The standard InChI is InChI=1S/C21H27N5O2/c27-20(18-3-1-10-26(16-18)21-22-8-2-9-23-21)24-19-6-4-17(5-7-19)15-25-11-13-28-14-12-25/h2,4-9,18H,1,3,10-16H2,(H,24,27)/t18-/m1/s1. The van der Waals surface area contributed by atoms with Crippen molar-refractivity contribution in [1.82, 2.24) is 14.9 Å². The molecule has 148 valence electrons. The first-order chi connectivity index (χ1) is 13.8. The highest BCUT2D eigenvalue weighted by molar-refractivity contribution is 5.93. The number of benzene rings is 1. The molecule has 1 N–H and O–H groups in total. The van der Waals surface area contributed by atoms with Crippen LogP contribution < -0.4 is 10.2 Å². The molecule has 1 amide bonds. The number of nitrogens with zero attached hydrogens (tertiary/aromatic N) is 4. The Bertz CT molecular complexity index is 762. The van der Waals surface area contributed by atoms with E-state index in [1.165, 1.54) is 5.56 Å². The van der Waals surface area contributed by atoms with Crippen molar-refractivity contribution in [2.24, 2.45) is 5.92 Å². The van der Waals surface area contributed by atoms with Gasteiger partial charge in [0, 0.05) is 50.8 Å². The molecule has 2 fully saturated rings. The maximum Gasteiger partial charge on any atom is 0.229 e. The zero-order valence-electron chi connectivity index (χ0n) is 16.1. The fourth-order valence-corrected chi connectivity index (χ4v) is 3.78. The van der Waals surface area contributed by atoms with Gasteiger partial charge < -0.3 is 15.0 Å². The zero-order valence-corrected chi connectivity index (χ0v) is 16.1. The summed E-state index contributed by atoms with van der Waals surface area (Å²) in [5.41, 5.74) is 2.11. The van der Waals surface area contributed by atoms with Crippen LogP contribution in [-0.4, -0.2) is 60.2 Å². The van der Waals surface area contributed by atoms with E-state index in [2.05, 4.69) is 37.2 Å². The second kappa shape index (κ2) is 9.12. The van der Waals surface area contributed by atoms with Gasteiger partial charge in [-0.15, -0.1) is 0 Å². The van der Waals surface area contributed by atoms with Gasteiger partial charge in [0.15, 0.2) is 0 Å². The third-order valence-electron chi connectivity index (χ3n) is 5.36. The summed E-state index contributed by atoms with van der Waals surface area (Å²) in [6, 6.07) is 9.98. The number of nitrogens with one attached hydrogen (secondary N) is 1. The molecule has 0 bridgehead atoms. The molecule has 7 heteroatoms. The smallest absolute Gasteiger partial charge is 0.229 e. The van der Waals surface area contributed by atoms with Gasteiger partial charge in [0.25, 0.3) is 0 Å². The second-order valence-electron chi connectivity index (χ2n) is 7.41. The summed E-state index contributed by atoms with van der Waals surface area (Å²) in [7, 11) is 0. The summed E-state index contributed by atoms with van der Waals surface area (Å²) < 4.78 is 5.39. The fraction of sp³-hybridized carbons (Fsp3) is 0.476. The number of aromatic nitrogens is 2. The van der Waals surface area contributed by atoms with Crippen LogP contribution in [-0.2, 0) is 16.1 Å². The van der Waals surface area contributed by atoms with Gasteiger partial charge >= 0.3 is 0 Å². The molecular weight excluding hydrogens is 354 g/mol. The number of carbonyl (C=O) groups is 1. The first-order valence-corrected chi connectivity index (χ1v) is 10.00. The maximum absolute atomic E-state index is 12.7. The van der Waals surface area contributed by atoms with Gasteiger partial charge in [-0.25, -0.2) is 9.97 Å². The number of carbonyl (C=O) groups excluding carboxylic acids is 1. The van der Waals surface area contributed by atoms with E-state index in [1.807, 2.05) is 12.1 Å². The minimum absolute atomic E-state index is 0.0504. The van der Waals surface area contributed by atoms with Crippen molar-refractivity contribution in [3.63, 3.8) is 0 Å². The number of hydrogen-bond donors (Lipinski definition) is 1. The molecule has 0 unspecified atom stereocenters. The van der Waals surface area contributed by atoms with Gasteiger partial charge in [0.05, 0.1) is 19.1 Å². The van der Waals surface area contributed by atoms with E-state index in [0.717, 1.165) is 57.9 Å². The molecule has 2 aliphatic heterocycles. The molecular formula is C21H27N5O2. The molecule has 0 spiro atoms. The van der Waals surface area contributed by atoms with Crippen LogP contribution in [0.25, 0.3) is 0 Å². The lowest BCUT2D eigenvalue weighted by atomic mass is 9.97. The van der Waals surface area contributed by atoms with Crippen LogP contribution in [0, 0.1) is 5.92 Å². The van der Waals surface area contributed by atoms with Gasteiger partial charge in [-0.3, -0.25) is 9.69 Å². The predicted octanol–water partition coefficient (Wildman–Crippen LogP) is 2.16. The minimum Gasteiger partial charge on any atom is -0.379 e. The SMILES string of the molecule is O=C(Nc1ccc(CN2CCOCC2)cc1)[C@@H]1CCCN(c2ncccn2)C1. The van der Waals surface area contributed by atoms with Crippen LogP contribution in [0.1, 0.15) is 18.4 Å².